The van der Waals surface area contributed by atoms with E-state index < -0.39 is 0 Å². The zero-order chi connectivity index (χ0) is 13.5. The molecule has 0 aliphatic heterocycles. The van der Waals surface area contributed by atoms with Crippen LogP contribution in [0.2, 0.25) is 0 Å². The van der Waals surface area contributed by atoms with E-state index in [0.717, 1.165) is 11.4 Å². The van der Waals surface area contributed by atoms with Gasteiger partial charge in [0, 0.05) is 10.9 Å². The summed E-state index contributed by atoms with van der Waals surface area (Å²) in [5.74, 6) is -0.190. The summed E-state index contributed by atoms with van der Waals surface area (Å²) in [6, 6.07) is 8.65. The summed E-state index contributed by atoms with van der Waals surface area (Å²) >= 11 is 1.52. The lowest BCUT2D eigenvalue weighted by atomic mass is 10.1. The van der Waals surface area contributed by atoms with Crippen LogP contribution in [0.4, 0.5) is 0 Å². The van der Waals surface area contributed by atoms with Crippen molar-refractivity contribution in [2.24, 2.45) is 0 Å². The van der Waals surface area contributed by atoms with E-state index in [9.17, 15) is 4.79 Å². The van der Waals surface area contributed by atoms with Gasteiger partial charge in [0.15, 0.2) is 0 Å². The predicted molar refractivity (Wildman–Crippen MR) is 75.9 cm³/mol. The Balaban J connectivity index is 2.63. The van der Waals surface area contributed by atoms with Gasteiger partial charge in [0.2, 0.25) is 0 Å². The molecule has 0 aromatic heterocycles. The maximum Gasteiger partial charge on any atom is 0.318 e. The fraction of sp³-hybridized carbons (Fsp3) is 0.500. The molecule has 0 radical (unpaired) electrons. The summed E-state index contributed by atoms with van der Waals surface area (Å²) in [7, 11) is 1.42. The molecular formula is C14H21NO2S. The Morgan fingerprint density at radius 3 is 2.44 bits per heavy atom. The molecule has 0 spiro atoms. The number of nitrogens with one attached hydrogen (secondary N) is 1. The molecule has 0 fully saturated rings. The second kappa shape index (κ2) is 7.44. The minimum absolute atomic E-state index is 0.174. The minimum Gasteiger partial charge on any atom is -0.468 e. The van der Waals surface area contributed by atoms with Crippen LogP contribution in [0.1, 0.15) is 32.4 Å². The lowest BCUT2D eigenvalue weighted by Gasteiger charge is -2.14. The topological polar surface area (TPSA) is 38.3 Å². The zero-order valence-corrected chi connectivity index (χ0v) is 12.2. The molecule has 0 saturated carbocycles. The predicted octanol–water partition coefficient (Wildman–Crippen LogP) is 3.01. The lowest BCUT2D eigenvalue weighted by molar-refractivity contribution is -0.139. The van der Waals surface area contributed by atoms with Crippen LogP contribution in [-0.4, -0.2) is 24.9 Å². The van der Waals surface area contributed by atoms with Crippen LogP contribution in [0.5, 0.6) is 0 Å². The maximum absolute atomic E-state index is 11.3. The summed E-state index contributed by atoms with van der Waals surface area (Å²) in [5.41, 5.74) is 1.26. The van der Waals surface area contributed by atoms with E-state index in [1.54, 1.807) is 0 Å². The number of methoxy groups -OCH3 is 1. The summed E-state index contributed by atoms with van der Waals surface area (Å²) < 4.78 is 4.71. The Kier molecular flexibility index (Phi) is 6.22. The van der Waals surface area contributed by atoms with Gasteiger partial charge < -0.3 is 10.1 Å². The van der Waals surface area contributed by atoms with Crippen LogP contribution >= 0.6 is 11.8 Å². The van der Waals surface area contributed by atoms with E-state index in [1.165, 1.54) is 24.4 Å². The van der Waals surface area contributed by atoms with Crippen molar-refractivity contribution >= 4 is 17.7 Å². The van der Waals surface area contributed by atoms with Crippen molar-refractivity contribution in [1.29, 1.82) is 0 Å². The van der Waals surface area contributed by atoms with E-state index in [-0.39, 0.29) is 11.2 Å². The molecule has 0 saturated heterocycles. The monoisotopic (exact) mass is 267 g/mol. The molecule has 100 valence electrons. The molecule has 1 aromatic carbocycles. The third-order valence-corrected chi connectivity index (χ3v) is 3.83. The maximum atomic E-state index is 11.3. The number of esters is 1. The number of hydrogen-bond acceptors (Lipinski definition) is 4. The first-order valence-corrected chi connectivity index (χ1v) is 7.04. The van der Waals surface area contributed by atoms with Crippen LogP contribution in [0, 0.1) is 0 Å². The van der Waals surface area contributed by atoms with Crippen molar-refractivity contribution in [3.05, 3.63) is 29.8 Å². The van der Waals surface area contributed by atoms with Crippen molar-refractivity contribution in [3.63, 3.8) is 0 Å². The molecule has 2 unspecified atom stereocenters. The van der Waals surface area contributed by atoms with E-state index in [2.05, 4.69) is 31.3 Å². The minimum atomic E-state index is -0.190. The van der Waals surface area contributed by atoms with Gasteiger partial charge in [-0.05, 0) is 38.1 Å². The molecule has 0 aliphatic rings. The third-order valence-electron chi connectivity index (χ3n) is 2.74. The second-order valence-corrected chi connectivity index (χ2v) is 5.55. The molecule has 0 amide bonds. The molecular weight excluding hydrogens is 246 g/mol. The molecule has 0 heterocycles. The van der Waals surface area contributed by atoms with Gasteiger partial charge in [-0.2, -0.15) is 0 Å². The molecule has 3 nitrogen and oxygen atoms in total. The van der Waals surface area contributed by atoms with Crippen molar-refractivity contribution in [2.75, 3.05) is 13.7 Å². The average molecular weight is 267 g/mol. The fourth-order valence-electron chi connectivity index (χ4n) is 1.68. The first-order chi connectivity index (χ1) is 8.58. The Hall–Kier alpha value is -1.00. The van der Waals surface area contributed by atoms with Crippen molar-refractivity contribution in [3.8, 4) is 0 Å². The van der Waals surface area contributed by atoms with Gasteiger partial charge in [-0.15, -0.1) is 11.8 Å². The molecule has 1 N–H and O–H groups in total. The molecule has 0 aliphatic carbocycles. The second-order valence-electron chi connectivity index (χ2n) is 4.13. The molecule has 2 atom stereocenters. The third kappa shape index (κ3) is 4.35. The fourth-order valence-corrected chi connectivity index (χ4v) is 2.57. The number of thioether (sulfide) groups is 1. The van der Waals surface area contributed by atoms with E-state index in [4.69, 9.17) is 4.74 Å². The number of carbonyl (C=O) groups excluding carboxylic acids is 1. The van der Waals surface area contributed by atoms with Crippen LogP contribution in [0.25, 0.3) is 0 Å². The van der Waals surface area contributed by atoms with Crippen molar-refractivity contribution < 1.29 is 9.53 Å². The number of hydrogen-bond donors (Lipinski definition) is 1. The average Bonchev–Trinajstić information content (AvgIpc) is 2.38. The summed E-state index contributed by atoms with van der Waals surface area (Å²) in [4.78, 5) is 12.4. The normalized spacial score (nSPS) is 14.0. The van der Waals surface area contributed by atoms with E-state index in [0.29, 0.717) is 6.04 Å². The van der Waals surface area contributed by atoms with Gasteiger partial charge in [0.1, 0.15) is 5.25 Å². The van der Waals surface area contributed by atoms with Gasteiger partial charge in [-0.25, -0.2) is 0 Å². The smallest absolute Gasteiger partial charge is 0.318 e. The van der Waals surface area contributed by atoms with Gasteiger partial charge in [0.05, 0.1) is 7.11 Å². The number of benzene rings is 1. The van der Waals surface area contributed by atoms with Crippen LogP contribution in [-0.2, 0) is 9.53 Å². The van der Waals surface area contributed by atoms with E-state index in [1.807, 2.05) is 19.1 Å². The van der Waals surface area contributed by atoms with Gasteiger partial charge in [-0.3, -0.25) is 4.79 Å². The Morgan fingerprint density at radius 2 is 1.94 bits per heavy atom. The summed E-state index contributed by atoms with van der Waals surface area (Å²) in [6.45, 7) is 7.05. The number of ether oxygens (including phenoxy) is 1. The first kappa shape index (κ1) is 15.1. The largest absolute Gasteiger partial charge is 0.468 e. The highest BCUT2D eigenvalue weighted by molar-refractivity contribution is 8.00. The van der Waals surface area contributed by atoms with Crippen LogP contribution in [0.15, 0.2) is 29.2 Å². The quantitative estimate of drug-likeness (QED) is 0.635. The molecule has 1 rings (SSSR count). The Bertz CT molecular complexity index is 378. The Labute approximate surface area is 113 Å². The van der Waals surface area contributed by atoms with E-state index >= 15 is 0 Å². The highest BCUT2D eigenvalue weighted by atomic mass is 32.2. The standard InChI is InChI=1S/C14H21NO2S/c1-5-15-10(2)12-6-8-13(9-7-12)18-11(3)14(16)17-4/h6-11,15H,5H2,1-4H3. The Morgan fingerprint density at radius 1 is 1.33 bits per heavy atom. The number of rotatable bonds is 6. The summed E-state index contributed by atoms with van der Waals surface area (Å²) in [6.07, 6.45) is 0. The van der Waals surface area contributed by atoms with Gasteiger partial charge in [0.25, 0.3) is 0 Å². The van der Waals surface area contributed by atoms with Crippen molar-refractivity contribution in [2.45, 2.75) is 37.0 Å². The highest BCUT2D eigenvalue weighted by Crippen LogP contribution is 2.25. The zero-order valence-electron chi connectivity index (χ0n) is 11.4. The van der Waals surface area contributed by atoms with Crippen LogP contribution in [0.3, 0.4) is 0 Å². The van der Waals surface area contributed by atoms with Gasteiger partial charge in [-0.1, -0.05) is 19.1 Å². The van der Waals surface area contributed by atoms with Crippen molar-refractivity contribution in [1.82, 2.24) is 5.32 Å². The first-order valence-electron chi connectivity index (χ1n) is 6.16. The van der Waals surface area contributed by atoms with Gasteiger partial charge >= 0.3 is 5.97 Å². The molecule has 4 heteroatoms. The SMILES string of the molecule is CCNC(C)c1ccc(SC(C)C(=O)OC)cc1. The van der Waals surface area contributed by atoms with Crippen LogP contribution < -0.4 is 5.32 Å². The summed E-state index contributed by atoms with van der Waals surface area (Å²) in [5, 5.41) is 3.19. The number of carbonyl (C=O) groups is 1. The molecule has 18 heavy (non-hydrogen) atoms. The lowest BCUT2D eigenvalue weighted by Crippen LogP contribution is -2.17. The highest BCUT2D eigenvalue weighted by Gasteiger charge is 2.14. The molecule has 0 bridgehead atoms. The molecule has 1 aromatic rings.